The van der Waals surface area contributed by atoms with Crippen molar-refractivity contribution in [2.24, 2.45) is 0 Å². The van der Waals surface area contributed by atoms with Crippen LogP contribution in [0.4, 0.5) is 5.82 Å². The van der Waals surface area contributed by atoms with Gasteiger partial charge >= 0.3 is 0 Å². The van der Waals surface area contributed by atoms with Crippen LogP contribution in [0.25, 0.3) is 11.0 Å². The summed E-state index contributed by atoms with van der Waals surface area (Å²) in [6.45, 7) is 4.18. The number of piperidine rings is 1. The maximum absolute atomic E-state index is 12.9. The third-order valence-corrected chi connectivity index (χ3v) is 7.67. The van der Waals surface area contributed by atoms with Crippen LogP contribution in [0.3, 0.4) is 0 Å². The molecule has 2 aromatic heterocycles. The van der Waals surface area contributed by atoms with Crippen LogP contribution in [-0.4, -0.2) is 69.7 Å². The Morgan fingerprint density at radius 3 is 2.71 bits per heavy atom. The highest BCUT2D eigenvalue weighted by atomic mass is 35.5. The number of aromatic amines is 1. The fourth-order valence-corrected chi connectivity index (χ4v) is 5.23. The molecule has 1 atom stereocenters. The number of aromatic nitrogens is 3. The summed E-state index contributed by atoms with van der Waals surface area (Å²) in [4.78, 5) is 21.5. The van der Waals surface area contributed by atoms with Gasteiger partial charge < -0.3 is 19.7 Å². The second-order valence-electron chi connectivity index (χ2n) is 10.9. The van der Waals surface area contributed by atoms with Crippen LogP contribution in [0.2, 0.25) is 0 Å². The molecule has 1 saturated carbocycles. The number of likely N-dealkylation sites (N-methyl/N-ethyl adjacent to an activating group) is 1. The van der Waals surface area contributed by atoms with E-state index in [1.165, 1.54) is 12.8 Å². The first-order valence-corrected chi connectivity index (χ1v) is 14.3. The van der Waals surface area contributed by atoms with E-state index in [0.29, 0.717) is 29.8 Å². The number of para-hydroxylation sites is 1. The number of H-pyrrole nitrogens is 1. The van der Waals surface area contributed by atoms with E-state index < -0.39 is 0 Å². The topological polar surface area (TPSA) is 95.6 Å². The SMILES string of the molecule is Cc1cc(Oc2ccccc2)ccc1Oc1ccnc2[nH]nc(N[C@@H]3CCCN(C(=O)/C=C/CN(C)C4CC4)C3)c12.Cl. The van der Waals surface area contributed by atoms with Crippen molar-refractivity contribution in [2.75, 3.05) is 32.0 Å². The maximum atomic E-state index is 12.9. The summed E-state index contributed by atoms with van der Waals surface area (Å²) in [7, 11) is 2.12. The van der Waals surface area contributed by atoms with Gasteiger partial charge in [0.15, 0.2) is 11.5 Å². The van der Waals surface area contributed by atoms with E-state index in [1.54, 1.807) is 12.3 Å². The van der Waals surface area contributed by atoms with E-state index in [0.717, 1.165) is 54.1 Å². The Kier molecular flexibility index (Phi) is 9.29. The minimum Gasteiger partial charge on any atom is -0.457 e. The Morgan fingerprint density at radius 1 is 1.10 bits per heavy atom. The average Bonchev–Trinajstić information content (AvgIpc) is 3.76. The van der Waals surface area contributed by atoms with E-state index in [1.807, 2.05) is 72.5 Å². The molecule has 220 valence electrons. The number of halogens is 1. The number of nitrogens with zero attached hydrogens (tertiary/aromatic N) is 4. The van der Waals surface area contributed by atoms with E-state index in [4.69, 9.17) is 9.47 Å². The number of anilines is 1. The summed E-state index contributed by atoms with van der Waals surface area (Å²) in [6.07, 6.45) is 9.81. The van der Waals surface area contributed by atoms with Gasteiger partial charge in [-0.15, -0.1) is 12.4 Å². The lowest BCUT2D eigenvalue weighted by Crippen LogP contribution is -2.44. The molecule has 42 heavy (non-hydrogen) atoms. The van der Waals surface area contributed by atoms with Crippen molar-refractivity contribution in [3.63, 3.8) is 0 Å². The molecule has 10 heteroatoms. The second-order valence-corrected chi connectivity index (χ2v) is 10.9. The first-order chi connectivity index (χ1) is 20.0. The molecule has 0 radical (unpaired) electrons. The Morgan fingerprint density at radius 2 is 1.93 bits per heavy atom. The number of carbonyl (C=O) groups is 1. The summed E-state index contributed by atoms with van der Waals surface area (Å²) in [5, 5.41) is 11.9. The molecule has 1 aliphatic carbocycles. The lowest BCUT2D eigenvalue weighted by molar-refractivity contribution is -0.127. The number of hydrogen-bond acceptors (Lipinski definition) is 7. The van der Waals surface area contributed by atoms with Crippen molar-refractivity contribution in [3.05, 3.63) is 78.5 Å². The average molecular weight is 589 g/mol. The molecule has 1 aliphatic heterocycles. The number of hydrogen-bond donors (Lipinski definition) is 2. The predicted molar refractivity (Wildman–Crippen MR) is 167 cm³/mol. The summed E-state index contributed by atoms with van der Waals surface area (Å²) in [5.41, 5.74) is 1.58. The van der Waals surface area contributed by atoms with Crippen LogP contribution in [0.5, 0.6) is 23.0 Å². The molecule has 9 nitrogen and oxygen atoms in total. The van der Waals surface area contributed by atoms with Crippen molar-refractivity contribution in [1.82, 2.24) is 25.0 Å². The molecule has 4 aromatic rings. The Hall–Kier alpha value is -4.08. The number of pyridine rings is 1. The number of rotatable bonds is 10. The van der Waals surface area contributed by atoms with Gasteiger partial charge in [0.05, 0.1) is 0 Å². The van der Waals surface area contributed by atoms with Gasteiger partial charge in [-0.25, -0.2) is 4.98 Å². The molecule has 3 heterocycles. The second kappa shape index (κ2) is 13.3. The van der Waals surface area contributed by atoms with E-state index >= 15 is 0 Å². The number of fused-ring (bicyclic) bond motifs is 1. The van der Waals surface area contributed by atoms with Crippen LogP contribution in [0, 0.1) is 6.92 Å². The Labute approximate surface area is 252 Å². The predicted octanol–water partition coefficient (Wildman–Crippen LogP) is 6.33. The van der Waals surface area contributed by atoms with Gasteiger partial charge in [0.1, 0.15) is 28.4 Å². The van der Waals surface area contributed by atoms with Crippen LogP contribution in [0.15, 0.2) is 72.9 Å². The lowest BCUT2D eigenvalue weighted by Gasteiger charge is -2.32. The standard InChI is InChI=1S/C32H36N6O3.ClH/c1-22-20-26(40-25-9-4-3-5-10-25)14-15-27(22)41-28-16-17-33-31-30(28)32(36-35-31)34-23-8-6-19-38(21-23)29(39)11-7-18-37(2)24-12-13-24;/h3-5,7,9-11,14-17,20,23-24H,6,8,12-13,18-19,21H2,1-2H3,(H2,33,34,35,36);1H/b11-7+;/t23-;/m1./s1. The zero-order valence-corrected chi connectivity index (χ0v) is 24.8. The van der Waals surface area contributed by atoms with Gasteiger partial charge in [0.25, 0.3) is 0 Å². The monoisotopic (exact) mass is 588 g/mol. The van der Waals surface area contributed by atoms with Gasteiger partial charge in [0, 0.05) is 50.1 Å². The first kappa shape index (κ1) is 29.4. The van der Waals surface area contributed by atoms with Crippen molar-refractivity contribution < 1.29 is 14.3 Å². The fraction of sp³-hybridized carbons (Fsp3) is 0.344. The Balaban J connectivity index is 0.00000353. The molecule has 1 saturated heterocycles. The molecular weight excluding hydrogens is 552 g/mol. The molecule has 2 aromatic carbocycles. The molecule has 2 fully saturated rings. The summed E-state index contributed by atoms with van der Waals surface area (Å²) in [6, 6.07) is 18.1. The molecule has 6 rings (SSSR count). The highest BCUT2D eigenvalue weighted by molar-refractivity contribution is 5.93. The smallest absolute Gasteiger partial charge is 0.246 e. The lowest BCUT2D eigenvalue weighted by atomic mass is 10.1. The third-order valence-electron chi connectivity index (χ3n) is 7.67. The third kappa shape index (κ3) is 7.03. The minimum absolute atomic E-state index is 0. The first-order valence-electron chi connectivity index (χ1n) is 14.3. The van der Waals surface area contributed by atoms with Gasteiger partial charge in [-0.1, -0.05) is 24.3 Å². The van der Waals surface area contributed by atoms with E-state index in [2.05, 4.69) is 32.4 Å². The van der Waals surface area contributed by atoms with Crippen molar-refractivity contribution >= 4 is 35.2 Å². The van der Waals surface area contributed by atoms with Crippen molar-refractivity contribution in [2.45, 2.75) is 44.7 Å². The quantitative estimate of drug-likeness (QED) is 0.209. The largest absolute Gasteiger partial charge is 0.457 e. The molecule has 0 bridgehead atoms. The van der Waals surface area contributed by atoms with E-state index in [9.17, 15) is 4.79 Å². The zero-order valence-electron chi connectivity index (χ0n) is 24.0. The zero-order chi connectivity index (χ0) is 28.2. The van der Waals surface area contributed by atoms with Crippen molar-refractivity contribution in [3.8, 4) is 23.0 Å². The number of carbonyl (C=O) groups excluding carboxylic acids is 1. The number of amides is 1. The number of ether oxygens (including phenoxy) is 2. The van der Waals surface area contributed by atoms with Crippen LogP contribution < -0.4 is 14.8 Å². The summed E-state index contributed by atoms with van der Waals surface area (Å²) in [5.74, 6) is 3.63. The number of aryl methyl sites for hydroxylation is 1. The highest BCUT2D eigenvalue weighted by Crippen LogP contribution is 2.36. The minimum atomic E-state index is 0. The van der Waals surface area contributed by atoms with E-state index in [-0.39, 0.29) is 24.4 Å². The molecule has 1 amide bonds. The maximum Gasteiger partial charge on any atom is 0.246 e. The summed E-state index contributed by atoms with van der Waals surface area (Å²) < 4.78 is 12.4. The number of likely N-dealkylation sites (tertiary alicyclic amines) is 1. The summed E-state index contributed by atoms with van der Waals surface area (Å²) >= 11 is 0. The molecule has 0 spiro atoms. The van der Waals surface area contributed by atoms with Crippen LogP contribution in [-0.2, 0) is 4.79 Å². The van der Waals surface area contributed by atoms with Gasteiger partial charge in [-0.3, -0.25) is 14.8 Å². The Bertz CT molecular complexity index is 1540. The normalized spacial score (nSPS) is 16.9. The molecular formula is C32H37ClN6O3. The van der Waals surface area contributed by atoms with Gasteiger partial charge in [0.2, 0.25) is 5.91 Å². The van der Waals surface area contributed by atoms with Crippen LogP contribution >= 0.6 is 12.4 Å². The van der Waals surface area contributed by atoms with Crippen molar-refractivity contribution in [1.29, 1.82) is 0 Å². The fourth-order valence-electron chi connectivity index (χ4n) is 5.23. The van der Waals surface area contributed by atoms with Gasteiger partial charge in [-0.05, 0) is 75.5 Å². The number of benzene rings is 2. The van der Waals surface area contributed by atoms with Gasteiger partial charge in [-0.2, -0.15) is 5.10 Å². The molecule has 2 N–H and O–H groups in total. The van der Waals surface area contributed by atoms with Crippen LogP contribution in [0.1, 0.15) is 31.2 Å². The molecule has 0 unspecified atom stereocenters. The number of nitrogens with one attached hydrogen (secondary N) is 2. The molecule has 2 aliphatic rings. The highest BCUT2D eigenvalue weighted by Gasteiger charge is 2.26.